The molecule has 2 atom stereocenters. The van der Waals surface area contributed by atoms with E-state index in [-0.39, 0.29) is 41.0 Å². The molecule has 0 unspecified atom stereocenters. The molecule has 168 valence electrons. The first-order valence-electron chi connectivity index (χ1n) is 11.2. The minimum Gasteiger partial charge on any atom is -0.342 e. The lowest BCUT2D eigenvalue weighted by Gasteiger charge is -2.47. The Morgan fingerprint density at radius 1 is 1.13 bits per heavy atom. The Morgan fingerprint density at radius 3 is 2.42 bits per heavy atom. The summed E-state index contributed by atoms with van der Waals surface area (Å²) >= 11 is 0. The van der Waals surface area contributed by atoms with E-state index in [9.17, 15) is 18.8 Å². The molecule has 4 rings (SSSR count). The van der Waals surface area contributed by atoms with Crippen molar-refractivity contribution < 1.29 is 18.8 Å². The van der Waals surface area contributed by atoms with Crippen molar-refractivity contribution in [2.24, 2.45) is 11.8 Å². The van der Waals surface area contributed by atoms with Gasteiger partial charge >= 0.3 is 6.03 Å². The van der Waals surface area contributed by atoms with Gasteiger partial charge in [-0.25, -0.2) is 9.18 Å². The number of hydrogen-bond donors (Lipinski definition) is 1. The summed E-state index contributed by atoms with van der Waals surface area (Å²) in [7, 11) is 0. The van der Waals surface area contributed by atoms with E-state index in [1.807, 2.05) is 16.7 Å². The molecule has 3 fully saturated rings. The van der Waals surface area contributed by atoms with Crippen molar-refractivity contribution in [1.82, 2.24) is 20.0 Å². The zero-order valence-corrected chi connectivity index (χ0v) is 18.3. The molecule has 0 saturated carbocycles. The van der Waals surface area contributed by atoms with Crippen molar-refractivity contribution in [1.29, 1.82) is 0 Å². The lowest BCUT2D eigenvalue weighted by molar-refractivity contribution is -0.136. The van der Waals surface area contributed by atoms with Gasteiger partial charge in [0.15, 0.2) is 0 Å². The molecule has 3 saturated heterocycles. The minimum absolute atomic E-state index is 0.0263. The number of halogens is 1. The number of urea groups is 1. The number of carbonyl (C=O) groups is 3. The number of likely N-dealkylation sites (tertiary alicyclic amines) is 3. The van der Waals surface area contributed by atoms with Crippen molar-refractivity contribution >= 4 is 17.8 Å². The molecule has 31 heavy (non-hydrogen) atoms. The number of benzene rings is 1. The number of fused-ring (bicyclic) bond motifs is 2. The highest BCUT2D eigenvalue weighted by atomic mass is 19.1. The molecule has 3 aliphatic rings. The van der Waals surface area contributed by atoms with Gasteiger partial charge in [0.05, 0.1) is 11.5 Å². The number of nitrogens with zero attached hydrogens (tertiary/aromatic N) is 3. The molecule has 3 aliphatic heterocycles. The van der Waals surface area contributed by atoms with Crippen LogP contribution in [-0.2, 0) is 16.0 Å². The topological polar surface area (TPSA) is 73.0 Å². The molecule has 1 N–H and O–H groups in total. The zero-order chi connectivity index (χ0) is 22.2. The number of carbonyl (C=O) groups excluding carboxylic acids is 3. The van der Waals surface area contributed by atoms with E-state index in [1.54, 1.807) is 24.0 Å². The van der Waals surface area contributed by atoms with Gasteiger partial charge in [-0.3, -0.25) is 9.59 Å². The third-order valence-corrected chi connectivity index (χ3v) is 7.41. The highest BCUT2D eigenvalue weighted by Gasteiger charge is 2.61. The van der Waals surface area contributed by atoms with Crippen LogP contribution in [0.3, 0.4) is 0 Å². The van der Waals surface area contributed by atoms with Crippen molar-refractivity contribution in [2.75, 3.05) is 39.3 Å². The van der Waals surface area contributed by atoms with Gasteiger partial charge in [-0.2, -0.15) is 0 Å². The summed E-state index contributed by atoms with van der Waals surface area (Å²) in [6.07, 6.45) is 2.13. The van der Waals surface area contributed by atoms with Crippen LogP contribution in [0.2, 0.25) is 0 Å². The third-order valence-electron chi connectivity index (χ3n) is 7.41. The number of nitrogens with one attached hydrogen (secondary N) is 1. The van der Waals surface area contributed by atoms with Crippen LogP contribution < -0.4 is 5.32 Å². The van der Waals surface area contributed by atoms with E-state index >= 15 is 0 Å². The molecule has 1 aromatic rings. The molecule has 8 heteroatoms. The second-order valence-corrected chi connectivity index (χ2v) is 8.92. The maximum Gasteiger partial charge on any atom is 0.317 e. The van der Waals surface area contributed by atoms with Crippen LogP contribution in [0, 0.1) is 17.7 Å². The first-order valence-corrected chi connectivity index (χ1v) is 11.2. The predicted molar refractivity (Wildman–Crippen MR) is 114 cm³/mol. The molecule has 0 radical (unpaired) electrons. The summed E-state index contributed by atoms with van der Waals surface area (Å²) in [4.78, 5) is 43.2. The zero-order valence-electron chi connectivity index (χ0n) is 18.3. The summed E-state index contributed by atoms with van der Waals surface area (Å²) in [6, 6.07) is 6.20. The highest BCUT2D eigenvalue weighted by Crippen LogP contribution is 2.49. The Kier molecular flexibility index (Phi) is 5.90. The fourth-order valence-electron chi connectivity index (χ4n) is 5.76. The number of rotatable bonds is 4. The Hall–Kier alpha value is -2.64. The predicted octanol–water partition coefficient (Wildman–Crippen LogP) is 1.87. The molecule has 4 amide bonds. The smallest absolute Gasteiger partial charge is 0.317 e. The molecule has 0 aromatic heterocycles. The maximum absolute atomic E-state index is 13.0. The van der Waals surface area contributed by atoms with Crippen molar-refractivity contribution in [3.05, 3.63) is 35.6 Å². The summed E-state index contributed by atoms with van der Waals surface area (Å²) in [5, 5.41) is 2.96. The lowest BCUT2D eigenvalue weighted by atomic mass is 9.75. The second kappa shape index (κ2) is 8.48. The van der Waals surface area contributed by atoms with Crippen LogP contribution in [-0.4, -0.2) is 77.4 Å². The molecule has 1 spiro atoms. The maximum atomic E-state index is 13.0. The van der Waals surface area contributed by atoms with Crippen LogP contribution in [0.1, 0.15) is 32.3 Å². The summed E-state index contributed by atoms with van der Waals surface area (Å²) < 4.78 is 13.0. The quantitative estimate of drug-likeness (QED) is 0.793. The average Bonchev–Trinajstić information content (AvgIpc) is 3.29. The van der Waals surface area contributed by atoms with Crippen LogP contribution in [0.5, 0.6) is 0 Å². The van der Waals surface area contributed by atoms with Gasteiger partial charge in [0, 0.05) is 52.1 Å². The molecular weight excluding hydrogens is 399 g/mol. The first-order chi connectivity index (χ1) is 14.9. The fraction of sp³-hybridized carbons (Fsp3) is 0.609. The normalized spacial score (nSPS) is 24.6. The summed E-state index contributed by atoms with van der Waals surface area (Å²) in [5.41, 5.74) is 0.718. The van der Waals surface area contributed by atoms with Crippen molar-refractivity contribution in [3.63, 3.8) is 0 Å². The Labute approximate surface area is 182 Å². The summed E-state index contributed by atoms with van der Waals surface area (Å²) in [6.45, 7) is 7.06. The van der Waals surface area contributed by atoms with E-state index in [1.165, 1.54) is 12.1 Å². The van der Waals surface area contributed by atoms with E-state index < -0.39 is 0 Å². The minimum atomic E-state index is -0.266. The Balaban J connectivity index is 1.35. The van der Waals surface area contributed by atoms with Crippen LogP contribution >= 0.6 is 0 Å². The van der Waals surface area contributed by atoms with Gasteiger partial charge < -0.3 is 20.0 Å². The molecule has 0 aliphatic carbocycles. The van der Waals surface area contributed by atoms with Gasteiger partial charge in [-0.1, -0.05) is 12.1 Å². The van der Waals surface area contributed by atoms with Crippen LogP contribution in [0.4, 0.5) is 9.18 Å². The first kappa shape index (κ1) is 21.6. The lowest BCUT2D eigenvalue weighted by Crippen LogP contribution is -2.59. The van der Waals surface area contributed by atoms with E-state index in [0.717, 1.165) is 18.4 Å². The van der Waals surface area contributed by atoms with Gasteiger partial charge in [-0.05, 0) is 43.9 Å². The number of hydrogen-bond acceptors (Lipinski definition) is 3. The second-order valence-electron chi connectivity index (χ2n) is 8.92. The average molecular weight is 431 g/mol. The molecular formula is C23H31FN4O3. The van der Waals surface area contributed by atoms with Gasteiger partial charge in [0.2, 0.25) is 11.8 Å². The SMILES string of the molecule is CCN1C(=O)[C@@H]2CN(C(C)=O)C[C@@H]2C12CCN(C(=O)NCCc1ccc(F)cc1)CC2. The standard InChI is InChI=1S/C23H31FN4O3/c1-3-28-21(30)19-14-27(16(2)29)15-20(19)23(28)9-12-26(13-10-23)22(31)25-11-8-17-4-6-18(24)7-5-17/h4-7,19-20H,3,8-15H2,1-2H3,(H,25,31)/t19-,20+/m1/s1. The monoisotopic (exact) mass is 430 g/mol. The highest BCUT2D eigenvalue weighted by molar-refractivity contribution is 5.85. The fourth-order valence-corrected chi connectivity index (χ4v) is 5.76. The van der Waals surface area contributed by atoms with Crippen LogP contribution in [0.25, 0.3) is 0 Å². The van der Waals surface area contributed by atoms with Gasteiger partial charge in [0.25, 0.3) is 0 Å². The van der Waals surface area contributed by atoms with Crippen LogP contribution in [0.15, 0.2) is 24.3 Å². The number of piperidine rings is 1. The largest absolute Gasteiger partial charge is 0.342 e. The van der Waals surface area contributed by atoms with E-state index in [4.69, 9.17) is 0 Å². The van der Waals surface area contributed by atoms with E-state index in [0.29, 0.717) is 45.7 Å². The van der Waals surface area contributed by atoms with Crippen molar-refractivity contribution in [3.8, 4) is 0 Å². The molecule has 1 aromatic carbocycles. The van der Waals surface area contributed by atoms with Gasteiger partial charge in [0.1, 0.15) is 5.82 Å². The summed E-state index contributed by atoms with van der Waals surface area (Å²) in [5.74, 6) is -0.0447. The third kappa shape index (κ3) is 3.88. The van der Waals surface area contributed by atoms with Gasteiger partial charge in [-0.15, -0.1) is 0 Å². The Morgan fingerprint density at radius 2 is 1.81 bits per heavy atom. The van der Waals surface area contributed by atoms with E-state index in [2.05, 4.69) is 5.32 Å². The molecule has 0 bridgehead atoms. The number of amides is 4. The molecule has 7 nitrogen and oxygen atoms in total. The van der Waals surface area contributed by atoms with Crippen molar-refractivity contribution in [2.45, 2.75) is 38.6 Å². The molecule has 3 heterocycles. The Bertz CT molecular complexity index is 851.